The summed E-state index contributed by atoms with van der Waals surface area (Å²) in [6.45, 7) is 1.79. The summed E-state index contributed by atoms with van der Waals surface area (Å²) in [5.41, 5.74) is 2.53. The van der Waals surface area contributed by atoms with E-state index in [0.29, 0.717) is 6.54 Å². The molecule has 1 N–H and O–H groups in total. The molecular weight excluding hydrogens is 452 g/mol. The van der Waals surface area contributed by atoms with Crippen LogP contribution in [0.25, 0.3) is 0 Å². The second-order valence-corrected chi connectivity index (χ2v) is 8.86. The van der Waals surface area contributed by atoms with E-state index in [1.165, 1.54) is 13.1 Å². The largest absolute Gasteiger partial charge is 0.483 e. The van der Waals surface area contributed by atoms with E-state index in [1.807, 2.05) is 66.7 Å². The Morgan fingerprint density at radius 3 is 2.03 bits per heavy atom. The lowest BCUT2D eigenvalue weighted by Gasteiger charge is -2.36. The molecule has 3 aromatic carbocycles. The third-order valence-electron chi connectivity index (χ3n) is 6.54. The lowest BCUT2D eigenvalue weighted by atomic mass is 9.83. The first-order chi connectivity index (χ1) is 17.5. The van der Waals surface area contributed by atoms with Gasteiger partial charge in [0.15, 0.2) is 17.2 Å². The van der Waals surface area contributed by atoms with Gasteiger partial charge in [-0.25, -0.2) is 0 Å². The molecule has 6 heteroatoms. The lowest BCUT2D eigenvalue weighted by molar-refractivity contribution is 0.0898. The van der Waals surface area contributed by atoms with Crippen LogP contribution in [0.5, 0.6) is 5.75 Å². The number of carbonyl (C=O) groups excluding carboxylic acids is 2. The summed E-state index contributed by atoms with van der Waals surface area (Å²) in [5, 5.41) is 2.96. The Morgan fingerprint density at radius 2 is 1.47 bits per heavy atom. The van der Waals surface area contributed by atoms with Crippen molar-refractivity contribution in [3.05, 3.63) is 135 Å². The van der Waals surface area contributed by atoms with Crippen LogP contribution in [-0.2, 0) is 6.61 Å². The van der Waals surface area contributed by atoms with E-state index >= 15 is 0 Å². The summed E-state index contributed by atoms with van der Waals surface area (Å²) in [6, 6.07) is 29.2. The third kappa shape index (κ3) is 4.45. The maximum atomic E-state index is 13.3. The van der Waals surface area contributed by atoms with E-state index in [9.17, 15) is 14.4 Å². The maximum Gasteiger partial charge on any atom is 0.272 e. The fraction of sp³-hybridized carbons (Fsp3) is 0.167. The average Bonchev–Trinajstić information content (AvgIpc) is 2.91. The van der Waals surface area contributed by atoms with Gasteiger partial charge in [-0.1, -0.05) is 91.0 Å². The van der Waals surface area contributed by atoms with Crippen LogP contribution in [0.3, 0.4) is 0 Å². The second-order valence-electron chi connectivity index (χ2n) is 8.86. The quantitative estimate of drug-likeness (QED) is 0.389. The molecule has 0 unspecified atom stereocenters. The first-order valence-corrected chi connectivity index (χ1v) is 11.9. The number of rotatable bonds is 7. The molecular formula is C30H26N2O4. The first kappa shape index (κ1) is 23.3. The number of ether oxygens (including phenoxy) is 1. The molecule has 0 bridgehead atoms. The van der Waals surface area contributed by atoms with E-state index in [0.717, 1.165) is 16.7 Å². The van der Waals surface area contributed by atoms with E-state index in [1.54, 1.807) is 4.57 Å². The average molecular weight is 479 g/mol. The van der Waals surface area contributed by atoms with Crippen LogP contribution >= 0.6 is 0 Å². The molecule has 180 valence electrons. The van der Waals surface area contributed by atoms with Crippen LogP contribution in [0.15, 0.2) is 102 Å². The van der Waals surface area contributed by atoms with Crippen LogP contribution < -0.4 is 15.5 Å². The van der Waals surface area contributed by atoms with Gasteiger partial charge in [0.1, 0.15) is 6.61 Å². The highest BCUT2D eigenvalue weighted by atomic mass is 16.5. The SMILES string of the molecule is CC(=O)c1cn2c(c(OCc3ccccc3)c1=O)C(=O)NC[C@@H]2C(c1ccccc1)c1ccccc1. The third-order valence-corrected chi connectivity index (χ3v) is 6.54. The van der Waals surface area contributed by atoms with Gasteiger partial charge in [0, 0.05) is 18.7 Å². The minimum absolute atomic E-state index is 0.00128. The van der Waals surface area contributed by atoms with Crippen molar-refractivity contribution in [3.8, 4) is 5.75 Å². The van der Waals surface area contributed by atoms with Crippen molar-refractivity contribution >= 4 is 11.7 Å². The molecule has 1 aliphatic heterocycles. The van der Waals surface area contributed by atoms with E-state index < -0.39 is 11.3 Å². The van der Waals surface area contributed by atoms with E-state index in [2.05, 4.69) is 29.6 Å². The second kappa shape index (κ2) is 10.0. The number of hydrogen-bond donors (Lipinski definition) is 1. The molecule has 0 radical (unpaired) electrons. The molecule has 1 aromatic heterocycles. The van der Waals surface area contributed by atoms with Gasteiger partial charge in [-0.3, -0.25) is 14.4 Å². The number of Topliss-reactive ketones (excluding diaryl/α,β-unsaturated/α-hetero) is 1. The number of pyridine rings is 1. The number of amides is 1. The summed E-state index contributed by atoms with van der Waals surface area (Å²) in [4.78, 5) is 39.0. The summed E-state index contributed by atoms with van der Waals surface area (Å²) in [5.74, 6) is -1.02. The Balaban J connectivity index is 1.69. The number of benzene rings is 3. The monoisotopic (exact) mass is 478 g/mol. The van der Waals surface area contributed by atoms with Crippen molar-refractivity contribution in [1.82, 2.24) is 9.88 Å². The Labute approximate surface area is 209 Å². The fourth-order valence-corrected chi connectivity index (χ4v) is 4.82. The van der Waals surface area contributed by atoms with Crippen molar-refractivity contribution in [1.29, 1.82) is 0 Å². The summed E-state index contributed by atoms with van der Waals surface area (Å²) in [7, 11) is 0. The Kier molecular flexibility index (Phi) is 6.50. The zero-order valence-corrected chi connectivity index (χ0v) is 19.9. The zero-order valence-electron chi connectivity index (χ0n) is 19.9. The summed E-state index contributed by atoms with van der Waals surface area (Å²) in [6.07, 6.45) is 1.53. The van der Waals surface area contributed by atoms with Crippen molar-refractivity contribution in [2.24, 2.45) is 0 Å². The molecule has 0 fully saturated rings. The van der Waals surface area contributed by atoms with E-state index in [4.69, 9.17) is 4.74 Å². The van der Waals surface area contributed by atoms with Gasteiger partial charge in [0.25, 0.3) is 5.91 Å². The Hall–Kier alpha value is -4.45. The standard InChI is InChI=1S/C30H26N2O4/c1-20(33)24-18-32-25(26(22-13-7-3-8-14-22)23-15-9-4-10-16-23)17-31-30(35)27(32)29(28(24)34)36-19-21-11-5-2-6-12-21/h2-16,18,25-26H,17,19H2,1H3,(H,31,35)/t25-/m1/s1. The van der Waals surface area contributed by atoms with Gasteiger partial charge < -0.3 is 14.6 Å². The minimum atomic E-state index is -0.573. The lowest BCUT2D eigenvalue weighted by Crippen LogP contribution is -2.44. The topological polar surface area (TPSA) is 77.4 Å². The summed E-state index contributed by atoms with van der Waals surface area (Å²) >= 11 is 0. The predicted molar refractivity (Wildman–Crippen MR) is 138 cm³/mol. The zero-order chi connectivity index (χ0) is 25.1. The van der Waals surface area contributed by atoms with Crippen LogP contribution in [-0.4, -0.2) is 22.8 Å². The van der Waals surface area contributed by atoms with Gasteiger partial charge in [0.05, 0.1) is 11.6 Å². The van der Waals surface area contributed by atoms with Crippen LogP contribution in [0.4, 0.5) is 0 Å². The van der Waals surface area contributed by atoms with Gasteiger partial charge >= 0.3 is 0 Å². The predicted octanol–water partition coefficient (Wildman–Crippen LogP) is 4.75. The van der Waals surface area contributed by atoms with Crippen molar-refractivity contribution < 1.29 is 14.3 Å². The Bertz CT molecular complexity index is 1410. The minimum Gasteiger partial charge on any atom is -0.483 e. The maximum absolute atomic E-state index is 13.3. The highest BCUT2D eigenvalue weighted by Gasteiger charge is 2.36. The molecule has 4 aromatic rings. The van der Waals surface area contributed by atoms with Crippen molar-refractivity contribution in [2.45, 2.75) is 25.5 Å². The molecule has 36 heavy (non-hydrogen) atoms. The number of aromatic nitrogens is 1. The molecule has 0 aliphatic carbocycles. The molecule has 2 heterocycles. The van der Waals surface area contributed by atoms with E-state index in [-0.39, 0.29) is 41.4 Å². The molecule has 6 nitrogen and oxygen atoms in total. The molecule has 0 saturated carbocycles. The highest BCUT2D eigenvalue weighted by molar-refractivity contribution is 5.99. The molecule has 0 spiro atoms. The fourth-order valence-electron chi connectivity index (χ4n) is 4.82. The number of hydrogen-bond acceptors (Lipinski definition) is 4. The summed E-state index contributed by atoms with van der Waals surface area (Å²) < 4.78 is 7.74. The van der Waals surface area contributed by atoms with Gasteiger partial charge in [-0.05, 0) is 23.6 Å². The number of nitrogens with zero attached hydrogens (tertiary/aromatic N) is 1. The molecule has 1 atom stereocenters. The molecule has 0 saturated heterocycles. The number of fused-ring (bicyclic) bond motifs is 1. The number of carbonyl (C=O) groups is 2. The van der Waals surface area contributed by atoms with Gasteiger partial charge in [-0.15, -0.1) is 0 Å². The van der Waals surface area contributed by atoms with Crippen molar-refractivity contribution in [2.75, 3.05) is 6.54 Å². The highest BCUT2D eigenvalue weighted by Crippen LogP contribution is 2.38. The van der Waals surface area contributed by atoms with Gasteiger partial charge in [-0.2, -0.15) is 0 Å². The van der Waals surface area contributed by atoms with Crippen LogP contribution in [0.2, 0.25) is 0 Å². The van der Waals surface area contributed by atoms with Crippen molar-refractivity contribution in [3.63, 3.8) is 0 Å². The number of nitrogens with one attached hydrogen (secondary N) is 1. The Morgan fingerprint density at radius 1 is 0.917 bits per heavy atom. The number of ketones is 1. The van der Waals surface area contributed by atoms with Crippen LogP contribution in [0, 0.1) is 0 Å². The molecule has 1 amide bonds. The van der Waals surface area contributed by atoms with Gasteiger partial charge in [0.2, 0.25) is 5.43 Å². The van der Waals surface area contributed by atoms with Crippen LogP contribution in [0.1, 0.15) is 56.4 Å². The molecule has 5 rings (SSSR count). The smallest absolute Gasteiger partial charge is 0.272 e. The molecule has 1 aliphatic rings. The normalized spacial score (nSPS) is 14.7. The first-order valence-electron chi connectivity index (χ1n) is 11.9.